The Labute approximate surface area is 131 Å². The van der Waals surface area contributed by atoms with Crippen molar-refractivity contribution in [2.75, 3.05) is 0 Å². The quantitative estimate of drug-likeness (QED) is 0.744. The van der Waals surface area contributed by atoms with Crippen molar-refractivity contribution in [1.82, 2.24) is 21.2 Å². The monoisotopic (exact) mass is 300 g/mol. The molecule has 0 spiro atoms. The van der Waals surface area contributed by atoms with E-state index in [4.69, 9.17) is 0 Å². The predicted octanol–water partition coefficient (Wildman–Crippen LogP) is 1.99. The molecule has 1 fully saturated rings. The zero-order valence-electron chi connectivity index (χ0n) is 13.0. The Balaban J connectivity index is 1.54. The molecule has 3 atom stereocenters. The molecule has 5 nitrogen and oxygen atoms in total. The highest BCUT2D eigenvalue weighted by molar-refractivity contribution is 5.82. The first kappa shape index (κ1) is 15.2. The van der Waals surface area contributed by atoms with Crippen LogP contribution in [0.15, 0.2) is 36.0 Å². The van der Waals surface area contributed by atoms with E-state index < -0.39 is 0 Å². The normalized spacial score (nSPS) is 26.3. The lowest BCUT2D eigenvalue weighted by atomic mass is 9.94. The lowest BCUT2D eigenvalue weighted by Gasteiger charge is -2.22. The van der Waals surface area contributed by atoms with Crippen molar-refractivity contribution >= 4 is 5.91 Å². The zero-order chi connectivity index (χ0) is 15.4. The van der Waals surface area contributed by atoms with Crippen LogP contribution in [0.5, 0.6) is 0 Å². The third-order valence-electron chi connectivity index (χ3n) is 4.51. The van der Waals surface area contributed by atoms with Gasteiger partial charge in [0.2, 0.25) is 5.91 Å². The molecule has 0 saturated carbocycles. The SMILES string of the molecule is CC(NC(=O)C1CC(c2ccccn2)NN1)C1=CCCCC1. The molecule has 2 aliphatic rings. The first-order chi connectivity index (χ1) is 10.7. The fourth-order valence-electron chi connectivity index (χ4n) is 3.17. The topological polar surface area (TPSA) is 66.0 Å². The third kappa shape index (κ3) is 3.54. The van der Waals surface area contributed by atoms with E-state index in [1.54, 1.807) is 6.20 Å². The van der Waals surface area contributed by atoms with Gasteiger partial charge >= 0.3 is 0 Å². The minimum Gasteiger partial charge on any atom is -0.349 e. The number of pyridine rings is 1. The Hall–Kier alpha value is -1.72. The molecular weight excluding hydrogens is 276 g/mol. The number of allylic oxidation sites excluding steroid dienone is 1. The van der Waals surface area contributed by atoms with Crippen molar-refractivity contribution in [2.45, 2.75) is 57.2 Å². The highest BCUT2D eigenvalue weighted by atomic mass is 16.2. The van der Waals surface area contributed by atoms with E-state index in [2.05, 4.69) is 34.2 Å². The Kier molecular flexibility index (Phi) is 4.85. The van der Waals surface area contributed by atoms with Crippen LogP contribution in [0, 0.1) is 0 Å². The number of carbonyl (C=O) groups is 1. The van der Waals surface area contributed by atoms with Crippen LogP contribution in [0.3, 0.4) is 0 Å². The van der Waals surface area contributed by atoms with E-state index in [0.717, 1.165) is 18.5 Å². The number of carbonyl (C=O) groups excluding carboxylic acids is 1. The van der Waals surface area contributed by atoms with Crippen LogP contribution >= 0.6 is 0 Å². The van der Waals surface area contributed by atoms with E-state index in [1.807, 2.05) is 18.2 Å². The number of rotatable bonds is 4. The van der Waals surface area contributed by atoms with Crippen molar-refractivity contribution in [1.29, 1.82) is 0 Å². The second-order valence-electron chi connectivity index (χ2n) is 6.14. The summed E-state index contributed by atoms with van der Waals surface area (Å²) in [6.07, 6.45) is 9.53. The maximum atomic E-state index is 12.4. The lowest BCUT2D eigenvalue weighted by Crippen LogP contribution is -2.46. The Morgan fingerprint density at radius 2 is 2.27 bits per heavy atom. The first-order valence-electron chi connectivity index (χ1n) is 8.15. The number of hydrogen-bond donors (Lipinski definition) is 3. The maximum absolute atomic E-state index is 12.4. The minimum absolute atomic E-state index is 0.0601. The molecule has 1 aliphatic carbocycles. The molecule has 3 N–H and O–H groups in total. The Morgan fingerprint density at radius 3 is 3.00 bits per heavy atom. The van der Waals surface area contributed by atoms with Gasteiger partial charge in [-0.05, 0) is 51.2 Å². The molecule has 1 saturated heterocycles. The summed E-state index contributed by atoms with van der Waals surface area (Å²) in [6, 6.07) is 5.85. The van der Waals surface area contributed by atoms with Gasteiger partial charge < -0.3 is 5.32 Å². The van der Waals surface area contributed by atoms with Crippen LogP contribution in [0.1, 0.15) is 50.8 Å². The van der Waals surface area contributed by atoms with Crippen molar-refractivity contribution in [2.24, 2.45) is 0 Å². The highest BCUT2D eigenvalue weighted by Gasteiger charge is 2.31. The Bertz CT molecular complexity index is 543. The van der Waals surface area contributed by atoms with Gasteiger partial charge in [0.1, 0.15) is 6.04 Å². The molecular formula is C17H24N4O. The lowest BCUT2D eigenvalue weighted by molar-refractivity contribution is -0.123. The molecule has 3 rings (SSSR count). The van der Waals surface area contributed by atoms with E-state index >= 15 is 0 Å². The van der Waals surface area contributed by atoms with Crippen LogP contribution in [-0.2, 0) is 4.79 Å². The summed E-state index contributed by atoms with van der Waals surface area (Å²) >= 11 is 0. The molecule has 22 heavy (non-hydrogen) atoms. The number of nitrogens with one attached hydrogen (secondary N) is 3. The predicted molar refractivity (Wildman–Crippen MR) is 85.8 cm³/mol. The fraction of sp³-hybridized carbons (Fsp3) is 0.529. The number of nitrogens with zero attached hydrogens (tertiary/aromatic N) is 1. The molecule has 1 amide bonds. The van der Waals surface area contributed by atoms with Gasteiger partial charge in [-0.25, -0.2) is 10.9 Å². The number of hydrazine groups is 1. The molecule has 3 unspecified atom stereocenters. The average molecular weight is 300 g/mol. The summed E-state index contributed by atoms with van der Waals surface area (Å²) in [5, 5.41) is 3.13. The number of hydrogen-bond acceptors (Lipinski definition) is 4. The van der Waals surface area contributed by atoms with Gasteiger partial charge in [-0.15, -0.1) is 0 Å². The summed E-state index contributed by atoms with van der Waals surface area (Å²) in [4.78, 5) is 16.8. The molecule has 0 radical (unpaired) electrons. The molecule has 0 aromatic carbocycles. The van der Waals surface area contributed by atoms with Gasteiger partial charge in [-0.1, -0.05) is 17.7 Å². The maximum Gasteiger partial charge on any atom is 0.239 e. The average Bonchev–Trinajstić information content (AvgIpc) is 3.06. The van der Waals surface area contributed by atoms with Crippen molar-refractivity contribution < 1.29 is 4.79 Å². The summed E-state index contributed by atoms with van der Waals surface area (Å²) in [5.41, 5.74) is 8.59. The Morgan fingerprint density at radius 1 is 1.36 bits per heavy atom. The third-order valence-corrected chi connectivity index (χ3v) is 4.51. The van der Waals surface area contributed by atoms with Gasteiger partial charge in [-0.3, -0.25) is 9.78 Å². The van der Waals surface area contributed by atoms with Gasteiger partial charge in [0.15, 0.2) is 0 Å². The molecule has 1 aromatic heterocycles. The van der Waals surface area contributed by atoms with E-state index in [1.165, 1.54) is 18.4 Å². The second kappa shape index (κ2) is 7.03. The summed E-state index contributed by atoms with van der Waals surface area (Å²) in [7, 11) is 0. The smallest absolute Gasteiger partial charge is 0.239 e. The van der Waals surface area contributed by atoms with Crippen LogP contribution in [0.25, 0.3) is 0 Å². The second-order valence-corrected chi connectivity index (χ2v) is 6.14. The summed E-state index contributed by atoms with van der Waals surface area (Å²) in [5.74, 6) is 0.0601. The van der Waals surface area contributed by atoms with Crippen LogP contribution in [-0.4, -0.2) is 23.0 Å². The molecule has 1 aliphatic heterocycles. The molecule has 0 bridgehead atoms. The van der Waals surface area contributed by atoms with Crippen molar-refractivity contribution in [3.05, 3.63) is 41.7 Å². The van der Waals surface area contributed by atoms with Crippen LogP contribution < -0.4 is 16.2 Å². The molecule has 2 heterocycles. The highest BCUT2D eigenvalue weighted by Crippen LogP contribution is 2.22. The van der Waals surface area contributed by atoms with Gasteiger partial charge in [0.05, 0.1) is 11.7 Å². The first-order valence-corrected chi connectivity index (χ1v) is 8.15. The van der Waals surface area contributed by atoms with Gasteiger partial charge in [0, 0.05) is 12.2 Å². The van der Waals surface area contributed by atoms with Gasteiger partial charge in [-0.2, -0.15) is 0 Å². The molecule has 5 heteroatoms. The fourth-order valence-corrected chi connectivity index (χ4v) is 3.17. The van der Waals surface area contributed by atoms with Crippen LogP contribution in [0.2, 0.25) is 0 Å². The van der Waals surface area contributed by atoms with Gasteiger partial charge in [0.25, 0.3) is 0 Å². The standard InChI is InChI=1S/C17H24N4O/c1-12(13-7-3-2-4-8-13)19-17(22)16-11-15(20-21-16)14-9-5-6-10-18-14/h5-7,9-10,12,15-16,20-21H,2-4,8,11H2,1H3,(H,19,22). The zero-order valence-corrected chi connectivity index (χ0v) is 13.0. The number of aromatic nitrogens is 1. The summed E-state index contributed by atoms with van der Waals surface area (Å²) in [6.45, 7) is 2.08. The van der Waals surface area contributed by atoms with Crippen molar-refractivity contribution in [3.8, 4) is 0 Å². The number of amides is 1. The van der Waals surface area contributed by atoms with E-state index in [-0.39, 0.29) is 24.0 Å². The molecule has 1 aromatic rings. The summed E-state index contributed by atoms with van der Waals surface area (Å²) < 4.78 is 0. The molecule has 118 valence electrons. The minimum atomic E-state index is -0.210. The van der Waals surface area contributed by atoms with E-state index in [0.29, 0.717) is 6.42 Å². The van der Waals surface area contributed by atoms with Crippen molar-refractivity contribution in [3.63, 3.8) is 0 Å². The van der Waals surface area contributed by atoms with E-state index in [9.17, 15) is 4.79 Å². The van der Waals surface area contributed by atoms with Crippen LogP contribution in [0.4, 0.5) is 0 Å². The largest absolute Gasteiger partial charge is 0.349 e.